The third-order valence-corrected chi connectivity index (χ3v) is 6.07. The van der Waals surface area contributed by atoms with Crippen LogP contribution in [0.4, 0.5) is 0 Å². The summed E-state index contributed by atoms with van der Waals surface area (Å²) in [6.07, 6.45) is 5.33. The van der Waals surface area contributed by atoms with Crippen molar-refractivity contribution in [1.82, 2.24) is 19.6 Å². The number of aromatic nitrogens is 2. The molecule has 1 aromatic carbocycles. The molecule has 0 radical (unpaired) electrons. The van der Waals surface area contributed by atoms with Gasteiger partial charge in [-0.05, 0) is 42.9 Å². The molecule has 4 rings (SSSR count). The lowest BCUT2D eigenvalue weighted by Gasteiger charge is -2.49. The first-order valence-electron chi connectivity index (χ1n) is 9.79. The van der Waals surface area contributed by atoms with Gasteiger partial charge in [0.15, 0.2) is 0 Å². The van der Waals surface area contributed by atoms with Crippen molar-refractivity contribution in [2.24, 2.45) is 5.41 Å². The summed E-state index contributed by atoms with van der Waals surface area (Å²) in [4.78, 5) is 28.6. The Morgan fingerprint density at radius 1 is 1.14 bits per heavy atom. The van der Waals surface area contributed by atoms with Gasteiger partial charge in [0.05, 0.1) is 17.4 Å². The van der Waals surface area contributed by atoms with Gasteiger partial charge in [0.1, 0.15) is 0 Å². The van der Waals surface area contributed by atoms with E-state index in [1.807, 2.05) is 41.4 Å². The average molecular weight is 382 g/mol. The Labute approximate surface area is 164 Å². The van der Waals surface area contributed by atoms with Gasteiger partial charge in [0, 0.05) is 45.5 Å². The lowest BCUT2D eigenvalue weighted by Crippen LogP contribution is -2.55. The SMILES string of the molecule is CC(=O)N1CC(O)CC2(CCN(C(=O)c3ccccc3-n3cccn3)CC2)C1. The Morgan fingerprint density at radius 3 is 2.57 bits per heavy atom. The van der Waals surface area contributed by atoms with Crippen LogP contribution in [0, 0.1) is 5.41 Å². The molecular weight excluding hydrogens is 356 g/mol. The summed E-state index contributed by atoms with van der Waals surface area (Å²) in [5, 5.41) is 14.5. The van der Waals surface area contributed by atoms with Crippen LogP contribution in [0.3, 0.4) is 0 Å². The third-order valence-electron chi connectivity index (χ3n) is 6.07. The lowest BCUT2D eigenvalue weighted by atomic mass is 9.71. The molecule has 2 saturated heterocycles. The van der Waals surface area contributed by atoms with Crippen molar-refractivity contribution in [2.75, 3.05) is 26.2 Å². The predicted octanol–water partition coefficient (Wildman–Crippen LogP) is 1.71. The van der Waals surface area contributed by atoms with Crippen LogP contribution in [-0.4, -0.2) is 68.8 Å². The Kier molecular flexibility index (Phi) is 4.93. The number of hydrogen-bond donors (Lipinski definition) is 1. The zero-order valence-corrected chi connectivity index (χ0v) is 16.1. The zero-order valence-electron chi connectivity index (χ0n) is 16.1. The Balaban J connectivity index is 1.49. The molecule has 2 amide bonds. The summed E-state index contributed by atoms with van der Waals surface area (Å²) in [5.41, 5.74) is 1.31. The first-order chi connectivity index (χ1) is 13.5. The van der Waals surface area contributed by atoms with E-state index in [4.69, 9.17) is 0 Å². The molecule has 28 heavy (non-hydrogen) atoms. The first kappa shape index (κ1) is 18.7. The number of carbonyl (C=O) groups is 2. The van der Waals surface area contributed by atoms with Crippen LogP contribution in [0.2, 0.25) is 0 Å². The molecular formula is C21H26N4O3. The van der Waals surface area contributed by atoms with Gasteiger partial charge in [-0.25, -0.2) is 4.68 Å². The fraction of sp³-hybridized carbons (Fsp3) is 0.476. The van der Waals surface area contributed by atoms with Crippen molar-refractivity contribution in [3.63, 3.8) is 0 Å². The number of carbonyl (C=O) groups excluding carboxylic acids is 2. The van der Waals surface area contributed by atoms with E-state index in [1.165, 1.54) is 0 Å². The third kappa shape index (κ3) is 3.54. The Hall–Kier alpha value is -2.67. The van der Waals surface area contributed by atoms with Gasteiger partial charge in [0.25, 0.3) is 5.91 Å². The van der Waals surface area contributed by atoms with Gasteiger partial charge < -0.3 is 14.9 Å². The maximum Gasteiger partial charge on any atom is 0.256 e. The molecule has 3 heterocycles. The van der Waals surface area contributed by atoms with E-state index >= 15 is 0 Å². The molecule has 2 aromatic rings. The summed E-state index contributed by atoms with van der Waals surface area (Å²) >= 11 is 0. The summed E-state index contributed by atoms with van der Waals surface area (Å²) in [5.74, 6) is 0.00510. The number of hydrogen-bond acceptors (Lipinski definition) is 4. The number of aliphatic hydroxyl groups excluding tert-OH is 1. The molecule has 0 saturated carbocycles. The number of amides is 2. The fourth-order valence-electron chi connectivity index (χ4n) is 4.57. The lowest BCUT2D eigenvalue weighted by molar-refractivity contribution is -0.137. The van der Waals surface area contributed by atoms with Gasteiger partial charge in [-0.2, -0.15) is 5.10 Å². The second-order valence-corrected chi connectivity index (χ2v) is 8.02. The largest absolute Gasteiger partial charge is 0.391 e. The number of likely N-dealkylation sites (tertiary alicyclic amines) is 2. The molecule has 2 fully saturated rings. The standard InChI is InChI=1S/C21H26N4O3/c1-16(26)24-14-17(27)13-21(15-24)7-11-23(12-8-21)20(28)18-5-2-3-6-19(18)25-10-4-9-22-25/h2-6,9-10,17,27H,7-8,11-15H2,1H3. The van der Waals surface area contributed by atoms with Gasteiger partial charge in [0.2, 0.25) is 5.91 Å². The molecule has 2 aliphatic rings. The van der Waals surface area contributed by atoms with E-state index in [1.54, 1.807) is 22.7 Å². The quantitative estimate of drug-likeness (QED) is 0.858. The number of aliphatic hydroxyl groups is 1. The van der Waals surface area contributed by atoms with Crippen LogP contribution >= 0.6 is 0 Å². The van der Waals surface area contributed by atoms with Crippen molar-refractivity contribution in [1.29, 1.82) is 0 Å². The zero-order chi connectivity index (χ0) is 19.7. The highest BCUT2D eigenvalue weighted by Crippen LogP contribution is 2.40. The highest BCUT2D eigenvalue weighted by molar-refractivity contribution is 5.97. The van der Waals surface area contributed by atoms with Crippen molar-refractivity contribution >= 4 is 11.8 Å². The second-order valence-electron chi connectivity index (χ2n) is 8.02. The first-order valence-corrected chi connectivity index (χ1v) is 9.79. The number of nitrogens with zero attached hydrogens (tertiary/aromatic N) is 4. The number of benzene rings is 1. The van der Waals surface area contributed by atoms with Gasteiger partial charge in [-0.3, -0.25) is 9.59 Å². The molecule has 1 N–H and O–H groups in total. The molecule has 1 aromatic heterocycles. The minimum Gasteiger partial charge on any atom is -0.391 e. The van der Waals surface area contributed by atoms with E-state index in [0.717, 1.165) is 18.5 Å². The topological polar surface area (TPSA) is 78.7 Å². The van der Waals surface area contributed by atoms with E-state index in [-0.39, 0.29) is 17.2 Å². The van der Waals surface area contributed by atoms with Gasteiger partial charge in [-0.15, -0.1) is 0 Å². The predicted molar refractivity (Wildman–Crippen MR) is 104 cm³/mol. The summed E-state index contributed by atoms with van der Waals surface area (Å²) in [6.45, 7) is 3.90. The van der Waals surface area contributed by atoms with Crippen molar-refractivity contribution < 1.29 is 14.7 Å². The van der Waals surface area contributed by atoms with Crippen LogP contribution in [0.25, 0.3) is 5.69 Å². The highest BCUT2D eigenvalue weighted by Gasteiger charge is 2.43. The summed E-state index contributed by atoms with van der Waals surface area (Å²) in [6, 6.07) is 9.34. The molecule has 7 heteroatoms. The molecule has 1 atom stereocenters. The number of piperidine rings is 2. The van der Waals surface area contributed by atoms with Crippen LogP contribution in [0.15, 0.2) is 42.7 Å². The monoisotopic (exact) mass is 382 g/mol. The summed E-state index contributed by atoms with van der Waals surface area (Å²) < 4.78 is 1.71. The Morgan fingerprint density at radius 2 is 1.89 bits per heavy atom. The number of para-hydroxylation sites is 1. The second kappa shape index (κ2) is 7.39. The minimum atomic E-state index is -0.486. The minimum absolute atomic E-state index is 0.000678. The van der Waals surface area contributed by atoms with E-state index in [0.29, 0.717) is 38.2 Å². The molecule has 0 bridgehead atoms. The van der Waals surface area contributed by atoms with Crippen molar-refractivity contribution in [3.05, 3.63) is 48.3 Å². The fourth-order valence-corrected chi connectivity index (χ4v) is 4.57. The van der Waals surface area contributed by atoms with Gasteiger partial charge >= 0.3 is 0 Å². The smallest absolute Gasteiger partial charge is 0.256 e. The average Bonchev–Trinajstić information content (AvgIpc) is 3.22. The van der Waals surface area contributed by atoms with Crippen molar-refractivity contribution in [3.8, 4) is 5.69 Å². The molecule has 0 aliphatic carbocycles. The van der Waals surface area contributed by atoms with Crippen LogP contribution in [0.1, 0.15) is 36.5 Å². The Bertz CT molecular complexity index is 856. The molecule has 148 valence electrons. The van der Waals surface area contributed by atoms with E-state index in [2.05, 4.69) is 5.10 Å². The molecule has 1 spiro atoms. The summed E-state index contributed by atoms with van der Waals surface area (Å²) in [7, 11) is 0. The maximum absolute atomic E-state index is 13.2. The van der Waals surface area contributed by atoms with E-state index in [9.17, 15) is 14.7 Å². The van der Waals surface area contributed by atoms with Gasteiger partial charge in [-0.1, -0.05) is 12.1 Å². The van der Waals surface area contributed by atoms with Crippen LogP contribution in [0.5, 0.6) is 0 Å². The van der Waals surface area contributed by atoms with Crippen LogP contribution < -0.4 is 0 Å². The molecule has 2 aliphatic heterocycles. The van der Waals surface area contributed by atoms with E-state index < -0.39 is 6.10 Å². The van der Waals surface area contributed by atoms with Crippen LogP contribution in [-0.2, 0) is 4.79 Å². The normalized spacial score (nSPS) is 21.7. The number of β-amino-alcohol motifs (C(OH)–C–C–N with tert-alkyl or cyclic N) is 1. The highest BCUT2D eigenvalue weighted by atomic mass is 16.3. The van der Waals surface area contributed by atoms with Crippen molar-refractivity contribution in [2.45, 2.75) is 32.3 Å². The number of rotatable bonds is 2. The maximum atomic E-state index is 13.2. The molecule has 7 nitrogen and oxygen atoms in total. The molecule has 1 unspecified atom stereocenters.